The molecule has 63 heavy (non-hydrogen) atoms. The first-order valence-corrected chi connectivity index (χ1v) is 23.9. The molecule has 342 valence electrons. The summed E-state index contributed by atoms with van der Waals surface area (Å²) in [4.78, 5) is 44.7. The highest BCUT2D eigenvalue weighted by atomic mass is 16.4. The quantitative estimate of drug-likeness (QED) is 0.0992. The molecule has 4 saturated heterocycles. The molecule has 0 saturated carbocycles. The molecule has 0 amide bonds. The fourth-order valence-electron chi connectivity index (χ4n) is 10.9. The minimum Gasteiger partial charge on any atom is -0.481 e. The van der Waals surface area contributed by atoms with E-state index in [1.54, 1.807) is 0 Å². The van der Waals surface area contributed by atoms with E-state index in [9.17, 15) is 29.7 Å². The number of rotatable bonds is 18. The summed E-state index contributed by atoms with van der Waals surface area (Å²) in [6.07, 6.45) is 7.43. The zero-order chi connectivity index (χ0) is 44.0. The van der Waals surface area contributed by atoms with E-state index in [0.29, 0.717) is 19.3 Å². The van der Waals surface area contributed by atoms with Crippen LogP contribution in [0.15, 0.2) is 72.8 Å². The van der Waals surface area contributed by atoms with Crippen LogP contribution >= 0.6 is 0 Å². The van der Waals surface area contributed by atoms with Gasteiger partial charge in [0.05, 0.1) is 17.8 Å². The van der Waals surface area contributed by atoms with Gasteiger partial charge in [-0.1, -0.05) is 72.8 Å². The van der Waals surface area contributed by atoms with Gasteiger partial charge in [0, 0.05) is 19.6 Å². The molecular formula is C51H72N6O6. The van der Waals surface area contributed by atoms with Gasteiger partial charge in [0.1, 0.15) is 0 Å². The average molecular weight is 865 g/mol. The number of aliphatic carboxylic acids is 3. The number of hydrogen-bond donors (Lipinski definition) is 6. The molecule has 3 aromatic carbocycles. The molecule has 6 atom stereocenters. The lowest BCUT2D eigenvalue weighted by Crippen LogP contribution is -2.36. The first kappa shape index (κ1) is 46.8. The fraction of sp³-hybridized carbons (Fsp3) is 0.588. The molecule has 12 heteroatoms. The summed E-state index contributed by atoms with van der Waals surface area (Å²) in [5.41, 5.74) is 6.93. The van der Waals surface area contributed by atoms with Gasteiger partial charge < -0.3 is 31.3 Å². The minimum absolute atomic E-state index is 0.157. The van der Waals surface area contributed by atoms with Crippen molar-refractivity contribution in [3.8, 4) is 0 Å². The summed E-state index contributed by atoms with van der Waals surface area (Å²) < 4.78 is 0. The van der Waals surface area contributed by atoms with Gasteiger partial charge in [-0.2, -0.15) is 0 Å². The Morgan fingerprint density at radius 3 is 0.968 bits per heavy atom. The van der Waals surface area contributed by atoms with Crippen molar-refractivity contribution in [3.63, 3.8) is 0 Å². The van der Waals surface area contributed by atoms with E-state index in [0.717, 1.165) is 153 Å². The van der Waals surface area contributed by atoms with Crippen LogP contribution in [0.25, 0.3) is 0 Å². The smallest absolute Gasteiger partial charge is 0.307 e. The summed E-state index contributed by atoms with van der Waals surface area (Å²) in [5.74, 6) is -2.81. The largest absolute Gasteiger partial charge is 0.481 e. The third-order valence-corrected chi connectivity index (χ3v) is 14.4. The molecule has 4 fully saturated rings. The lowest BCUT2D eigenvalue weighted by molar-refractivity contribution is -0.144. The minimum atomic E-state index is -0.707. The molecule has 0 radical (unpaired) electrons. The van der Waals surface area contributed by atoms with Crippen LogP contribution in [-0.2, 0) is 53.3 Å². The second kappa shape index (κ2) is 23.7. The van der Waals surface area contributed by atoms with Crippen molar-refractivity contribution in [1.82, 2.24) is 30.7 Å². The summed E-state index contributed by atoms with van der Waals surface area (Å²) in [6, 6.07) is 25.7. The van der Waals surface area contributed by atoms with Crippen LogP contribution in [0.2, 0.25) is 0 Å². The number of nitrogens with one attached hydrogen (secondary N) is 3. The molecule has 0 aromatic heterocycles. The zero-order valence-electron chi connectivity index (χ0n) is 37.3. The average Bonchev–Trinajstić information content (AvgIpc) is 4.09. The number of carbonyl (C=O) groups is 3. The van der Waals surface area contributed by atoms with Crippen molar-refractivity contribution < 1.29 is 29.7 Å². The molecule has 0 spiro atoms. The zero-order valence-corrected chi connectivity index (χ0v) is 37.3. The van der Waals surface area contributed by atoms with Crippen LogP contribution in [0.3, 0.4) is 0 Å². The van der Waals surface area contributed by atoms with Gasteiger partial charge in [0.15, 0.2) is 0 Å². The van der Waals surface area contributed by atoms with Crippen LogP contribution < -0.4 is 16.0 Å². The van der Waals surface area contributed by atoms with E-state index in [-0.39, 0.29) is 35.5 Å². The van der Waals surface area contributed by atoms with Crippen molar-refractivity contribution in [2.45, 2.75) is 77.4 Å². The SMILES string of the molecule is O=C(O)[C@@H](Cc1cccc(CN2CCCN(Cc3cccc(C[C@H](C(=O)O)[C@H]4CCNC4)c3)CCCN(Cc3cccc(C[C@H](C(=O)O)[C@H]4CCNC4)c3)CCC2)c1)[C@H]1CCNC1. The third-order valence-electron chi connectivity index (χ3n) is 14.4. The third kappa shape index (κ3) is 14.2. The molecular weight excluding hydrogens is 793 g/mol. The molecule has 0 bridgehead atoms. The van der Waals surface area contributed by atoms with Crippen LogP contribution in [0, 0.1) is 35.5 Å². The summed E-state index contributed by atoms with van der Waals surface area (Å²) in [5, 5.41) is 40.4. The molecule has 4 aliphatic heterocycles. The maximum absolute atomic E-state index is 12.3. The number of hydrogen-bond acceptors (Lipinski definition) is 9. The Hall–Kier alpha value is -4.17. The number of carboxylic acid groups (broad SMARTS) is 3. The van der Waals surface area contributed by atoms with Gasteiger partial charge in [0.25, 0.3) is 0 Å². The molecule has 0 unspecified atom stereocenters. The molecule has 7 rings (SSSR count). The lowest BCUT2D eigenvalue weighted by Gasteiger charge is -2.30. The van der Waals surface area contributed by atoms with Gasteiger partial charge in [-0.25, -0.2) is 0 Å². The second-order valence-corrected chi connectivity index (χ2v) is 19.1. The number of carboxylic acids is 3. The standard InChI is InChI=1S/C51H72N6O6/c58-49(59)46(43-13-16-52-31-43)28-37-7-1-10-40(25-37)34-55-19-4-21-56(35-41-11-2-8-38(26-41)29-47(50(60)61)44-14-17-53-32-44)23-6-24-57(22-5-20-55)36-42-12-3-9-39(27-42)30-48(51(62)63)45-15-18-54-33-45/h1-3,7-12,25-27,43-48,52-54H,4-6,13-24,28-36H2,(H,58,59)(H,60,61)(H,62,63)/t43-,44-,45-,46-,47-,48-/m0/s1. The van der Waals surface area contributed by atoms with Crippen LogP contribution in [0.5, 0.6) is 0 Å². The van der Waals surface area contributed by atoms with Crippen molar-refractivity contribution in [3.05, 3.63) is 106 Å². The highest BCUT2D eigenvalue weighted by Gasteiger charge is 2.33. The summed E-state index contributed by atoms with van der Waals surface area (Å²) >= 11 is 0. The van der Waals surface area contributed by atoms with E-state index in [1.165, 1.54) is 16.7 Å². The van der Waals surface area contributed by atoms with Crippen LogP contribution in [0.1, 0.15) is 71.9 Å². The van der Waals surface area contributed by atoms with Crippen molar-refractivity contribution in [2.24, 2.45) is 35.5 Å². The molecule has 12 nitrogen and oxygen atoms in total. The molecule has 0 aliphatic carbocycles. The molecule has 6 N–H and O–H groups in total. The predicted octanol–water partition coefficient (Wildman–Crippen LogP) is 5.24. The Morgan fingerprint density at radius 2 is 0.730 bits per heavy atom. The Morgan fingerprint density at radius 1 is 0.460 bits per heavy atom. The van der Waals surface area contributed by atoms with Gasteiger partial charge in [-0.05, 0) is 187 Å². The molecule has 4 aliphatic rings. The van der Waals surface area contributed by atoms with Gasteiger partial charge in [0.2, 0.25) is 0 Å². The molecule has 3 aromatic rings. The normalized spacial score (nSPS) is 23.7. The summed E-state index contributed by atoms with van der Waals surface area (Å²) in [7, 11) is 0. The fourth-order valence-corrected chi connectivity index (χ4v) is 10.9. The Labute approximate surface area is 374 Å². The number of nitrogens with zero attached hydrogens (tertiary/aromatic N) is 3. The van der Waals surface area contributed by atoms with E-state index < -0.39 is 17.9 Å². The molecule has 4 heterocycles. The number of benzene rings is 3. The van der Waals surface area contributed by atoms with Crippen LogP contribution in [0.4, 0.5) is 0 Å². The topological polar surface area (TPSA) is 158 Å². The maximum Gasteiger partial charge on any atom is 0.307 e. The van der Waals surface area contributed by atoms with Crippen LogP contribution in [-0.4, -0.2) is 126 Å². The van der Waals surface area contributed by atoms with E-state index in [4.69, 9.17) is 0 Å². The van der Waals surface area contributed by atoms with E-state index >= 15 is 0 Å². The monoisotopic (exact) mass is 865 g/mol. The first-order chi connectivity index (χ1) is 30.7. The Kier molecular flexibility index (Phi) is 17.6. The van der Waals surface area contributed by atoms with Crippen molar-refractivity contribution in [1.29, 1.82) is 0 Å². The van der Waals surface area contributed by atoms with Gasteiger partial charge in [-0.3, -0.25) is 29.1 Å². The Balaban J connectivity index is 1.05. The summed E-state index contributed by atoms with van der Waals surface area (Å²) in [6.45, 7) is 13.1. The van der Waals surface area contributed by atoms with Gasteiger partial charge >= 0.3 is 17.9 Å². The van der Waals surface area contributed by atoms with Crippen molar-refractivity contribution in [2.75, 3.05) is 78.5 Å². The van der Waals surface area contributed by atoms with Crippen molar-refractivity contribution >= 4 is 17.9 Å². The predicted molar refractivity (Wildman–Crippen MR) is 246 cm³/mol. The van der Waals surface area contributed by atoms with E-state index in [1.807, 2.05) is 0 Å². The van der Waals surface area contributed by atoms with E-state index in [2.05, 4.69) is 103 Å². The highest BCUT2D eigenvalue weighted by Crippen LogP contribution is 2.27. The second-order valence-electron chi connectivity index (χ2n) is 19.1. The highest BCUT2D eigenvalue weighted by molar-refractivity contribution is 5.72. The first-order valence-electron chi connectivity index (χ1n) is 23.9. The maximum atomic E-state index is 12.3. The van der Waals surface area contributed by atoms with Gasteiger partial charge in [-0.15, -0.1) is 0 Å². The lowest BCUT2D eigenvalue weighted by atomic mass is 9.86. The Bertz CT molecular complexity index is 1700.